The fourth-order valence-corrected chi connectivity index (χ4v) is 0.936. The first-order valence-corrected chi connectivity index (χ1v) is 4.20. The molecular formula is C10H12ClN. The zero-order valence-electron chi connectivity index (χ0n) is 7.10. The molecule has 1 aromatic rings. The van der Waals surface area contributed by atoms with Crippen molar-refractivity contribution >= 4 is 17.3 Å². The van der Waals surface area contributed by atoms with Gasteiger partial charge in [-0.1, -0.05) is 35.9 Å². The second-order valence-electron chi connectivity index (χ2n) is 2.74. The first-order chi connectivity index (χ1) is 5.68. The van der Waals surface area contributed by atoms with Crippen LogP contribution in [-0.2, 0) is 0 Å². The Labute approximate surface area is 78.1 Å². The maximum Gasteiger partial charge on any atom is 0.0501 e. The Morgan fingerprint density at radius 3 is 2.50 bits per heavy atom. The first-order valence-electron chi connectivity index (χ1n) is 3.82. The van der Waals surface area contributed by atoms with Crippen LogP contribution in [0.1, 0.15) is 5.56 Å². The molecule has 0 aliphatic rings. The second-order valence-corrected chi connectivity index (χ2v) is 3.27. The summed E-state index contributed by atoms with van der Waals surface area (Å²) in [7, 11) is 0. The van der Waals surface area contributed by atoms with E-state index in [1.165, 1.54) is 5.56 Å². The van der Waals surface area contributed by atoms with Crippen molar-refractivity contribution in [3.63, 3.8) is 0 Å². The van der Waals surface area contributed by atoms with E-state index in [1.807, 2.05) is 12.1 Å². The Morgan fingerprint density at radius 1 is 1.42 bits per heavy atom. The van der Waals surface area contributed by atoms with Crippen LogP contribution in [0.2, 0.25) is 0 Å². The fraction of sp³-hybridized carbons (Fsp3) is 0.200. The van der Waals surface area contributed by atoms with Crippen LogP contribution in [0, 0.1) is 6.92 Å². The van der Waals surface area contributed by atoms with Gasteiger partial charge < -0.3 is 5.32 Å². The average Bonchev–Trinajstić information content (AvgIpc) is 2.03. The zero-order chi connectivity index (χ0) is 8.97. The van der Waals surface area contributed by atoms with E-state index in [0.717, 1.165) is 5.69 Å². The van der Waals surface area contributed by atoms with E-state index in [0.29, 0.717) is 11.6 Å². The van der Waals surface area contributed by atoms with Crippen LogP contribution < -0.4 is 5.32 Å². The molecule has 0 unspecified atom stereocenters. The molecule has 0 aromatic heterocycles. The van der Waals surface area contributed by atoms with Crippen LogP contribution in [0.15, 0.2) is 35.9 Å². The standard InChI is InChI=1S/C10H12ClN/c1-8-3-5-10(6-4-8)12-7-9(2)11/h3-6,12H,2,7H2,1H3. The minimum Gasteiger partial charge on any atom is -0.380 e. The summed E-state index contributed by atoms with van der Waals surface area (Å²) >= 11 is 5.60. The summed E-state index contributed by atoms with van der Waals surface area (Å²) in [6, 6.07) is 8.16. The van der Waals surface area contributed by atoms with Crippen LogP contribution in [-0.4, -0.2) is 6.54 Å². The molecule has 0 heterocycles. The van der Waals surface area contributed by atoms with Crippen molar-refractivity contribution in [3.05, 3.63) is 41.4 Å². The lowest BCUT2D eigenvalue weighted by molar-refractivity contribution is 1.31. The highest BCUT2D eigenvalue weighted by Gasteiger charge is 1.90. The fourth-order valence-electron chi connectivity index (χ4n) is 0.869. The molecule has 1 N–H and O–H groups in total. The molecule has 0 saturated carbocycles. The quantitative estimate of drug-likeness (QED) is 0.756. The van der Waals surface area contributed by atoms with Gasteiger partial charge in [0.1, 0.15) is 0 Å². The molecule has 1 rings (SSSR count). The predicted molar refractivity (Wildman–Crippen MR) is 54.7 cm³/mol. The van der Waals surface area contributed by atoms with E-state index in [-0.39, 0.29) is 0 Å². The van der Waals surface area contributed by atoms with Crippen LogP contribution in [0.4, 0.5) is 5.69 Å². The van der Waals surface area contributed by atoms with Gasteiger partial charge in [-0.15, -0.1) is 0 Å². The van der Waals surface area contributed by atoms with Crippen molar-refractivity contribution < 1.29 is 0 Å². The molecular weight excluding hydrogens is 170 g/mol. The third kappa shape index (κ3) is 2.97. The van der Waals surface area contributed by atoms with Gasteiger partial charge >= 0.3 is 0 Å². The van der Waals surface area contributed by atoms with Crippen molar-refractivity contribution in [1.29, 1.82) is 0 Å². The number of benzene rings is 1. The van der Waals surface area contributed by atoms with Gasteiger partial charge in [0.2, 0.25) is 0 Å². The monoisotopic (exact) mass is 181 g/mol. The number of hydrogen-bond donors (Lipinski definition) is 1. The molecule has 0 saturated heterocycles. The van der Waals surface area contributed by atoms with Crippen molar-refractivity contribution in [2.45, 2.75) is 6.92 Å². The topological polar surface area (TPSA) is 12.0 Å². The minimum atomic E-state index is 0.616. The Bertz CT molecular complexity index is 264. The Balaban J connectivity index is 2.53. The highest BCUT2D eigenvalue weighted by molar-refractivity contribution is 6.29. The second kappa shape index (κ2) is 4.17. The van der Waals surface area contributed by atoms with Crippen molar-refractivity contribution in [2.24, 2.45) is 0 Å². The summed E-state index contributed by atoms with van der Waals surface area (Å²) in [5.41, 5.74) is 2.33. The molecule has 64 valence electrons. The van der Waals surface area contributed by atoms with Gasteiger partial charge in [-0.3, -0.25) is 0 Å². The van der Waals surface area contributed by atoms with Crippen LogP contribution in [0.25, 0.3) is 0 Å². The predicted octanol–water partition coefficient (Wildman–Crippen LogP) is 3.16. The van der Waals surface area contributed by atoms with Gasteiger partial charge in [-0.2, -0.15) is 0 Å². The molecule has 0 aliphatic heterocycles. The summed E-state index contributed by atoms with van der Waals surface area (Å²) in [5, 5.41) is 3.76. The lowest BCUT2D eigenvalue weighted by atomic mass is 10.2. The van der Waals surface area contributed by atoms with Gasteiger partial charge in [-0.05, 0) is 19.1 Å². The number of hydrogen-bond acceptors (Lipinski definition) is 1. The van der Waals surface area contributed by atoms with Gasteiger partial charge in [0.25, 0.3) is 0 Å². The maximum absolute atomic E-state index is 5.60. The minimum absolute atomic E-state index is 0.616. The molecule has 0 atom stereocenters. The summed E-state index contributed by atoms with van der Waals surface area (Å²) in [4.78, 5) is 0. The molecule has 0 radical (unpaired) electrons. The zero-order valence-corrected chi connectivity index (χ0v) is 7.86. The number of anilines is 1. The third-order valence-electron chi connectivity index (χ3n) is 1.54. The van der Waals surface area contributed by atoms with E-state index in [2.05, 4.69) is 31.0 Å². The maximum atomic E-state index is 5.60. The number of rotatable bonds is 3. The lowest BCUT2D eigenvalue weighted by Crippen LogP contribution is -2.00. The van der Waals surface area contributed by atoms with Gasteiger partial charge in [0.15, 0.2) is 0 Å². The summed E-state index contributed by atoms with van der Waals surface area (Å²) < 4.78 is 0. The lowest BCUT2D eigenvalue weighted by Gasteiger charge is -2.04. The van der Waals surface area contributed by atoms with Gasteiger partial charge in [0.05, 0.1) is 6.54 Å². The highest BCUT2D eigenvalue weighted by atomic mass is 35.5. The number of halogens is 1. The van der Waals surface area contributed by atoms with Crippen molar-refractivity contribution in [3.8, 4) is 0 Å². The molecule has 12 heavy (non-hydrogen) atoms. The highest BCUT2D eigenvalue weighted by Crippen LogP contribution is 2.09. The van der Waals surface area contributed by atoms with Gasteiger partial charge in [-0.25, -0.2) is 0 Å². The molecule has 0 bridgehead atoms. The summed E-state index contributed by atoms with van der Waals surface area (Å²) in [6.07, 6.45) is 0. The molecule has 0 fully saturated rings. The Hall–Kier alpha value is -0.950. The van der Waals surface area contributed by atoms with Gasteiger partial charge in [0, 0.05) is 10.7 Å². The largest absolute Gasteiger partial charge is 0.380 e. The van der Waals surface area contributed by atoms with E-state index in [1.54, 1.807) is 0 Å². The molecule has 0 spiro atoms. The average molecular weight is 182 g/mol. The first kappa shape index (κ1) is 9.14. The van der Waals surface area contributed by atoms with E-state index < -0.39 is 0 Å². The SMILES string of the molecule is C=C(Cl)CNc1ccc(C)cc1. The third-order valence-corrected chi connectivity index (χ3v) is 1.67. The molecule has 2 heteroatoms. The summed E-state index contributed by atoms with van der Waals surface area (Å²) in [6.45, 7) is 6.27. The number of aryl methyl sites for hydroxylation is 1. The smallest absolute Gasteiger partial charge is 0.0501 e. The Morgan fingerprint density at radius 2 is 2.00 bits per heavy atom. The number of nitrogens with one attached hydrogen (secondary N) is 1. The van der Waals surface area contributed by atoms with Crippen molar-refractivity contribution in [2.75, 3.05) is 11.9 Å². The van der Waals surface area contributed by atoms with E-state index in [4.69, 9.17) is 11.6 Å². The van der Waals surface area contributed by atoms with Crippen LogP contribution in [0.3, 0.4) is 0 Å². The van der Waals surface area contributed by atoms with Crippen LogP contribution in [0.5, 0.6) is 0 Å². The Kier molecular flexibility index (Phi) is 3.18. The molecule has 0 aliphatic carbocycles. The molecule has 1 aromatic carbocycles. The molecule has 0 amide bonds. The summed E-state index contributed by atoms with van der Waals surface area (Å²) in [5.74, 6) is 0. The van der Waals surface area contributed by atoms with Crippen molar-refractivity contribution in [1.82, 2.24) is 0 Å². The van der Waals surface area contributed by atoms with E-state index >= 15 is 0 Å². The molecule has 1 nitrogen and oxygen atoms in total. The normalized spacial score (nSPS) is 9.50. The van der Waals surface area contributed by atoms with Crippen LogP contribution >= 0.6 is 11.6 Å². The van der Waals surface area contributed by atoms with E-state index in [9.17, 15) is 0 Å².